The van der Waals surface area contributed by atoms with Crippen LogP contribution in [0.2, 0.25) is 0 Å². The normalized spacial score (nSPS) is 17.9. The van der Waals surface area contributed by atoms with Gasteiger partial charge in [-0.25, -0.2) is 0 Å². The van der Waals surface area contributed by atoms with E-state index in [1.54, 1.807) is 0 Å². The number of benzene rings is 1. The van der Waals surface area contributed by atoms with Gasteiger partial charge in [0.15, 0.2) is 0 Å². The molecule has 1 N–H and O–H groups in total. The zero-order valence-electron chi connectivity index (χ0n) is 14.1. The van der Waals surface area contributed by atoms with E-state index in [9.17, 15) is 5.11 Å². The van der Waals surface area contributed by atoms with Crippen molar-refractivity contribution < 1.29 is 5.11 Å². The van der Waals surface area contributed by atoms with Crippen molar-refractivity contribution in [1.29, 1.82) is 0 Å². The second-order valence-electron chi connectivity index (χ2n) is 6.64. The van der Waals surface area contributed by atoms with Gasteiger partial charge in [-0.15, -0.1) is 0 Å². The Labute approximate surface area is 130 Å². The van der Waals surface area contributed by atoms with Crippen LogP contribution in [-0.4, -0.2) is 5.11 Å². The molecule has 0 spiro atoms. The maximum absolute atomic E-state index is 10.9. The molecule has 1 aliphatic rings. The van der Waals surface area contributed by atoms with Crippen molar-refractivity contribution in [2.45, 2.75) is 84.7 Å². The van der Waals surface area contributed by atoms with Crippen LogP contribution in [0.25, 0.3) is 0 Å². The maximum Gasteiger partial charge on any atom is 0.0798 e. The molecule has 1 fully saturated rings. The monoisotopic (exact) mass is 288 g/mol. The molecule has 1 saturated carbocycles. The standard InChI is InChI=1S/C20H32O/c1-4-15-12-17(5-2)20(18(6-3)13-15)19(21)14-16-10-8-7-9-11-16/h12-13,16,19,21H,4-11,14H2,1-3H3. The Morgan fingerprint density at radius 1 is 0.952 bits per heavy atom. The van der Waals surface area contributed by atoms with Gasteiger partial charge < -0.3 is 5.11 Å². The van der Waals surface area contributed by atoms with Crippen molar-refractivity contribution in [2.24, 2.45) is 5.92 Å². The number of hydrogen-bond donors (Lipinski definition) is 1. The molecule has 0 aliphatic heterocycles. The molecule has 1 nitrogen and oxygen atoms in total. The molecule has 1 aromatic carbocycles. The first-order valence-corrected chi connectivity index (χ1v) is 9.02. The Kier molecular flexibility index (Phi) is 6.29. The zero-order valence-corrected chi connectivity index (χ0v) is 14.1. The summed E-state index contributed by atoms with van der Waals surface area (Å²) >= 11 is 0. The number of aliphatic hydroxyl groups excluding tert-OH is 1. The third-order valence-electron chi connectivity index (χ3n) is 5.20. The van der Waals surface area contributed by atoms with Crippen LogP contribution in [0.15, 0.2) is 12.1 Å². The van der Waals surface area contributed by atoms with Gasteiger partial charge in [0, 0.05) is 0 Å². The summed E-state index contributed by atoms with van der Waals surface area (Å²) in [4.78, 5) is 0. The zero-order chi connectivity index (χ0) is 15.2. The average molecular weight is 288 g/mol. The highest BCUT2D eigenvalue weighted by molar-refractivity contribution is 5.41. The molecule has 1 heteroatoms. The Morgan fingerprint density at radius 3 is 2.00 bits per heavy atom. The van der Waals surface area contributed by atoms with E-state index in [0.717, 1.165) is 31.6 Å². The Hall–Kier alpha value is -0.820. The molecule has 1 aliphatic carbocycles. The summed E-state index contributed by atoms with van der Waals surface area (Å²) in [5.41, 5.74) is 5.41. The molecule has 0 amide bonds. The van der Waals surface area contributed by atoms with Crippen molar-refractivity contribution in [2.75, 3.05) is 0 Å². The summed E-state index contributed by atoms with van der Waals surface area (Å²) in [7, 11) is 0. The quantitative estimate of drug-likeness (QED) is 0.745. The summed E-state index contributed by atoms with van der Waals surface area (Å²) in [6, 6.07) is 4.64. The van der Waals surface area contributed by atoms with E-state index in [2.05, 4.69) is 32.9 Å². The molecule has 0 radical (unpaired) electrons. The van der Waals surface area contributed by atoms with Crippen LogP contribution < -0.4 is 0 Å². The molecular formula is C20H32O. The lowest BCUT2D eigenvalue weighted by Gasteiger charge is -2.27. The fraction of sp³-hybridized carbons (Fsp3) is 0.700. The van der Waals surface area contributed by atoms with E-state index < -0.39 is 0 Å². The second kappa shape index (κ2) is 7.98. The first kappa shape index (κ1) is 16.5. The van der Waals surface area contributed by atoms with E-state index in [1.165, 1.54) is 54.4 Å². The van der Waals surface area contributed by atoms with Crippen molar-refractivity contribution >= 4 is 0 Å². The molecule has 0 saturated heterocycles. The number of aliphatic hydroxyl groups is 1. The van der Waals surface area contributed by atoms with E-state index >= 15 is 0 Å². The third kappa shape index (κ3) is 4.10. The van der Waals surface area contributed by atoms with Gasteiger partial charge in [-0.1, -0.05) is 65.0 Å². The highest BCUT2D eigenvalue weighted by Gasteiger charge is 2.22. The van der Waals surface area contributed by atoms with Gasteiger partial charge in [0.05, 0.1) is 6.10 Å². The topological polar surface area (TPSA) is 20.2 Å². The van der Waals surface area contributed by atoms with Gasteiger partial charge in [-0.3, -0.25) is 0 Å². The van der Waals surface area contributed by atoms with Gasteiger partial charge in [0.25, 0.3) is 0 Å². The molecule has 1 aromatic rings. The van der Waals surface area contributed by atoms with Crippen LogP contribution >= 0.6 is 0 Å². The molecule has 0 aromatic heterocycles. The summed E-state index contributed by atoms with van der Waals surface area (Å²) < 4.78 is 0. The largest absolute Gasteiger partial charge is 0.388 e. The number of hydrogen-bond acceptors (Lipinski definition) is 1. The predicted molar refractivity (Wildman–Crippen MR) is 90.7 cm³/mol. The van der Waals surface area contributed by atoms with Gasteiger partial charge in [-0.05, 0) is 53.9 Å². The third-order valence-corrected chi connectivity index (χ3v) is 5.20. The smallest absolute Gasteiger partial charge is 0.0798 e. The van der Waals surface area contributed by atoms with E-state index in [1.807, 2.05) is 0 Å². The second-order valence-corrected chi connectivity index (χ2v) is 6.64. The van der Waals surface area contributed by atoms with Crippen molar-refractivity contribution in [3.05, 3.63) is 34.4 Å². The van der Waals surface area contributed by atoms with Crippen LogP contribution in [0.3, 0.4) is 0 Å². The Balaban J connectivity index is 2.23. The molecule has 21 heavy (non-hydrogen) atoms. The van der Waals surface area contributed by atoms with Crippen molar-refractivity contribution in [1.82, 2.24) is 0 Å². The summed E-state index contributed by atoms with van der Waals surface area (Å²) in [6.07, 6.45) is 10.6. The highest BCUT2D eigenvalue weighted by Crippen LogP contribution is 2.35. The van der Waals surface area contributed by atoms with Gasteiger partial charge >= 0.3 is 0 Å². The molecular weight excluding hydrogens is 256 g/mol. The fourth-order valence-corrected chi connectivity index (χ4v) is 3.92. The minimum absolute atomic E-state index is 0.260. The fourth-order valence-electron chi connectivity index (χ4n) is 3.92. The molecule has 118 valence electrons. The van der Waals surface area contributed by atoms with Crippen LogP contribution in [0.4, 0.5) is 0 Å². The lowest BCUT2D eigenvalue weighted by molar-refractivity contribution is 0.130. The number of aryl methyl sites for hydroxylation is 3. The lowest BCUT2D eigenvalue weighted by atomic mass is 9.81. The SMILES string of the molecule is CCc1cc(CC)c(C(O)CC2CCCCC2)c(CC)c1. The van der Waals surface area contributed by atoms with Gasteiger partial charge in [0.1, 0.15) is 0 Å². The van der Waals surface area contributed by atoms with Crippen LogP contribution in [0.5, 0.6) is 0 Å². The summed E-state index contributed by atoms with van der Waals surface area (Å²) in [5, 5.41) is 10.9. The Morgan fingerprint density at radius 2 is 1.52 bits per heavy atom. The van der Waals surface area contributed by atoms with Crippen molar-refractivity contribution in [3.8, 4) is 0 Å². The van der Waals surface area contributed by atoms with Crippen molar-refractivity contribution in [3.63, 3.8) is 0 Å². The maximum atomic E-state index is 10.9. The molecule has 2 rings (SSSR count). The van der Waals surface area contributed by atoms with Crippen LogP contribution in [-0.2, 0) is 19.3 Å². The predicted octanol–water partition coefficient (Wildman–Crippen LogP) is 5.38. The van der Waals surface area contributed by atoms with Gasteiger partial charge in [0.2, 0.25) is 0 Å². The first-order valence-electron chi connectivity index (χ1n) is 9.02. The minimum atomic E-state index is -0.260. The summed E-state index contributed by atoms with van der Waals surface area (Å²) in [5.74, 6) is 0.731. The average Bonchev–Trinajstić information content (AvgIpc) is 2.54. The van der Waals surface area contributed by atoms with Crippen LogP contribution in [0.1, 0.15) is 87.7 Å². The molecule has 0 bridgehead atoms. The highest BCUT2D eigenvalue weighted by atomic mass is 16.3. The van der Waals surface area contributed by atoms with Crippen LogP contribution in [0, 0.1) is 5.92 Å². The molecule has 1 unspecified atom stereocenters. The number of rotatable bonds is 6. The Bertz CT molecular complexity index is 418. The van der Waals surface area contributed by atoms with E-state index in [-0.39, 0.29) is 6.10 Å². The first-order chi connectivity index (χ1) is 10.2. The summed E-state index contributed by atoms with van der Waals surface area (Å²) in [6.45, 7) is 6.64. The minimum Gasteiger partial charge on any atom is -0.388 e. The van der Waals surface area contributed by atoms with Gasteiger partial charge in [-0.2, -0.15) is 0 Å². The molecule has 1 atom stereocenters. The van der Waals surface area contributed by atoms with E-state index in [4.69, 9.17) is 0 Å². The lowest BCUT2D eigenvalue weighted by Crippen LogP contribution is -2.14. The van der Waals surface area contributed by atoms with E-state index in [0.29, 0.717) is 0 Å². The molecule has 0 heterocycles.